The second-order valence-electron chi connectivity index (χ2n) is 9.65. The van der Waals surface area contributed by atoms with Crippen molar-refractivity contribution in [2.45, 2.75) is 83.9 Å². The molecule has 148 valence electrons. The van der Waals surface area contributed by atoms with Gasteiger partial charge in [0, 0.05) is 10.6 Å². The molecule has 26 heavy (non-hydrogen) atoms. The molecule has 0 aliphatic rings. The van der Waals surface area contributed by atoms with Gasteiger partial charge in [-0.1, -0.05) is 29.8 Å². The Hall–Kier alpha value is -0.630. The molecule has 0 fully saturated rings. The third-order valence-corrected chi connectivity index (χ3v) is 11.2. The number of rotatable bonds is 4. The first-order chi connectivity index (χ1) is 11.6. The van der Waals surface area contributed by atoms with Crippen LogP contribution in [-0.4, -0.2) is 28.5 Å². The smallest absolute Gasteiger partial charge is 0.344 e. The first-order valence-electron chi connectivity index (χ1n) is 9.00. The largest absolute Gasteiger partial charge is 0.467 e. The Morgan fingerprint density at radius 2 is 1.35 bits per heavy atom. The van der Waals surface area contributed by atoms with E-state index >= 15 is 0 Å². The summed E-state index contributed by atoms with van der Waals surface area (Å²) < 4.78 is 12.0. The zero-order valence-electron chi connectivity index (χ0n) is 17.9. The summed E-state index contributed by atoms with van der Waals surface area (Å²) in [6, 6.07) is 7.33. The number of ether oxygens (including phenoxy) is 1. The zero-order valence-corrected chi connectivity index (χ0v) is 19.6. The van der Waals surface area contributed by atoms with E-state index in [1.165, 1.54) is 7.11 Å². The summed E-state index contributed by atoms with van der Waals surface area (Å²) in [6.07, 6.45) is -0.847. The lowest BCUT2D eigenvalue weighted by atomic mass is 10.1. The number of carbonyl (C=O) groups is 1. The maximum absolute atomic E-state index is 12.7. The predicted molar refractivity (Wildman–Crippen MR) is 113 cm³/mol. The van der Waals surface area contributed by atoms with Crippen molar-refractivity contribution < 1.29 is 14.1 Å². The average molecular weight is 402 g/mol. The minimum atomic E-state index is -2.22. The van der Waals surface area contributed by atoms with E-state index in [0.29, 0.717) is 10.6 Å². The Balaban J connectivity index is 3.70. The maximum Gasteiger partial charge on any atom is 0.344 e. The van der Waals surface area contributed by atoms with E-state index in [2.05, 4.69) is 62.3 Å². The van der Waals surface area contributed by atoms with Crippen LogP contribution in [0.5, 0.6) is 0 Å². The summed E-state index contributed by atoms with van der Waals surface area (Å²) in [5.74, 6) is -0.416. The molecule has 0 saturated heterocycles. The number of halogens is 1. The van der Waals surface area contributed by atoms with Crippen molar-refractivity contribution in [2.75, 3.05) is 7.11 Å². The van der Waals surface area contributed by atoms with E-state index in [4.69, 9.17) is 20.9 Å². The van der Waals surface area contributed by atoms with Gasteiger partial charge in [-0.25, -0.2) is 9.32 Å². The number of esters is 1. The molecule has 5 heteroatoms. The van der Waals surface area contributed by atoms with Gasteiger partial charge < -0.3 is 4.74 Å². The molecule has 1 atom stereocenters. The predicted octanol–water partition coefficient (Wildman–Crippen LogP) is 6.90. The third kappa shape index (κ3) is 4.26. The van der Waals surface area contributed by atoms with Gasteiger partial charge in [0.15, 0.2) is 7.49 Å². The topological polar surface area (TPSA) is 35.5 Å². The van der Waals surface area contributed by atoms with E-state index in [9.17, 15) is 4.79 Å². The first-order valence-corrected chi connectivity index (χ1v) is 11.1. The van der Waals surface area contributed by atoms with Crippen LogP contribution in [0, 0.1) is 0 Å². The van der Waals surface area contributed by atoms with Crippen LogP contribution in [0.3, 0.4) is 0 Å². The molecule has 1 aromatic carbocycles. The van der Waals surface area contributed by atoms with Gasteiger partial charge in [-0.05, 0) is 68.4 Å². The Morgan fingerprint density at radius 1 is 0.923 bits per heavy atom. The van der Waals surface area contributed by atoms with Gasteiger partial charge >= 0.3 is 5.97 Å². The Kier molecular flexibility index (Phi) is 7.00. The monoisotopic (exact) mass is 401 g/mol. The molecule has 1 rings (SSSR count). The molecule has 0 aliphatic heterocycles. The lowest BCUT2D eigenvalue weighted by Crippen LogP contribution is -2.46. The number of carbonyl (C=O) groups excluding carboxylic acids is 1. The van der Waals surface area contributed by atoms with Gasteiger partial charge in [0.05, 0.1) is 22.6 Å². The zero-order chi connectivity index (χ0) is 20.6. The van der Waals surface area contributed by atoms with Crippen LogP contribution in [0.25, 0.3) is 0 Å². The minimum absolute atomic E-state index is 0.142. The van der Waals surface area contributed by atoms with Crippen molar-refractivity contribution >= 4 is 25.1 Å². The molecular formula is C21H35ClO3P+. The number of benzene rings is 1. The van der Waals surface area contributed by atoms with Crippen molar-refractivity contribution in [3.8, 4) is 0 Å². The molecule has 0 saturated carbocycles. The quantitative estimate of drug-likeness (QED) is 0.406. The van der Waals surface area contributed by atoms with Gasteiger partial charge in [-0.15, -0.1) is 0 Å². The molecule has 0 unspecified atom stereocenters. The highest BCUT2D eigenvalue weighted by molar-refractivity contribution is 7.75. The first kappa shape index (κ1) is 23.4. The van der Waals surface area contributed by atoms with E-state index in [1.54, 1.807) is 6.07 Å². The Bertz CT molecular complexity index is 600. The molecular weight excluding hydrogens is 367 g/mol. The van der Waals surface area contributed by atoms with Gasteiger partial charge in [0.25, 0.3) is 0 Å². The number of methoxy groups -OCH3 is 1. The highest BCUT2D eigenvalue weighted by Crippen LogP contribution is 2.85. The minimum Gasteiger partial charge on any atom is -0.467 e. The summed E-state index contributed by atoms with van der Waals surface area (Å²) in [5, 5.41) is 0.0863. The number of hydrogen-bond donors (Lipinski definition) is 0. The molecule has 0 N–H and O–H groups in total. The summed E-state index contributed by atoms with van der Waals surface area (Å²) >= 11 is 6.42. The lowest BCUT2D eigenvalue weighted by Gasteiger charge is -2.52. The third-order valence-electron chi connectivity index (χ3n) is 4.70. The fourth-order valence-electron chi connectivity index (χ4n) is 4.67. The van der Waals surface area contributed by atoms with Crippen molar-refractivity contribution in [3.63, 3.8) is 0 Å². The summed E-state index contributed by atoms with van der Waals surface area (Å²) in [4.78, 5) is 12.7. The fraction of sp³-hybridized carbons (Fsp3) is 0.667. The molecule has 0 amide bonds. The summed E-state index contributed by atoms with van der Waals surface area (Å²) in [5.41, 5.74) is 0.656. The van der Waals surface area contributed by atoms with Crippen LogP contribution in [0.4, 0.5) is 0 Å². The van der Waals surface area contributed by atoms with E-state index < -0.39 is 19.6 Å². The molecule has 0 bridgehead atoms. The highest BCUT2D eigenvalue weighted by Gasteiger charge is 2.68. The number of hydrogen-bond acceptors (Lipinski definition) is 3. The van der Waals surface area contributed by atoms with Crippen molar-refractivity contribution in [3.05, 3.63) is 34.9 Å². The fourth-order valence-corrected chi connectivity index (χ4v) is 12.4. The molecule has 1 aromatic rings. The van der Waals surface area contributed by atoms with Gasteiger partial charge in [0.2, 0.25) is 6.10 Å². The van der Waals surface area contributed by atoms with Gasteiger partial charge in [-0.3, -0.25) is 0 Å². The molecule has 0 spiro atoms. The second-order valence-corrected chi connectivity index (χ2v) is 15.5. The highest BCUT2D eigenvalue weighted by atomic mass is 35.5. The molecule has 3 nitrogen and oxygen atoms in total. The molecule has 0 heterocycles. The van der Waals surface area contributed by atoms with Crippen molar-refractivity contribution in [1.82, 2.24) is 0 Å². The van der Waals surface area contributed by atoms with Crippen LogP contribution < -0.4 is 0 Å². The molecule has 0 aromatic heterocycles. The summed E-state index contributed by atoms with van der Waals surface area (Å²) in [6.45, 7) is 19.9. The van der Waals surface area contributed by atoms with Crippen LogP contribution in [0.2, 0.25) is 5.02 Å². The van der Waals surface area contributed by atoms with Crippen LogP contribution in [0.1, 0.15) is 74.0 Å². The van der Waals surface area contributed by atoms with E-state index in [0.717, 1.165) is 0 Å². The Labute approximate surface area is 165 Å². The molecule has 0 aliphatic carbocycles. The van der Waals surface area contributed by atoms with E-state index in [-0.39, 0.29) is 15.5 Å². The van der Waals surface area contributed by atoms with E-state index in [1.807, 2.05) is 18.2 Å². The van der Waals surface area contributed by atoms with Crippen molar-refractivity contribution in [1.29, 1.82) is 0 Å². The normalized spacial score (nSPS) is 14.9. The van der Waals surface area contributed by atoms with Crippen LogP contribution >= 0.6 is 19.1 Å². The molecule has 0 radical (unpaired) electrons. The standard InChI is InChI=1S/C21H35ClO3P/c1-19(2,3)26(20(4,5)6,21(7,8)9)25-17(18(23)24-10)15-13-11-12-14-16(15)22/h11-14,17H,1-10H3/q+1/t17-/m1/s1. The second kappa shape index (κ2) is 7.78. The van der Waals surface area contributed by atoms with Gasteiger partial charge in [-0.2, -0.15) is 0 Å². The van der Waals surface area contributed by atoms with Crippen molar-refractivity contribution in [2.24, 2.45) is 0 Å². The average Bonchev–Trinajstić information content (AvgIpc) is 2.44. The van der Waals surface area contributed by atoms with Crippen LogP contribution in [0.15, 0.2) is 24.3 Å². The van der Waals surface area contributed by atoms with Crippen LogP contribution in [-0.2, 0) is 14.1 Å². The lowest BCUT2D eigenvalue weighted by molar-refractivity contribution is -0.149. The Morgan fingerprint density at radius 3 is 1.69 bits per heavy atom. The summed E-state index contributed by atoms with van der Waals surface area (Å²) in [7, 11) is -0.826. The maximum atomic E-state index is 12.7. The van der Waals surface area contributed by atoms with Gasteiger partial charge in [0.1, 0.15) is 0 Å². The SMILES string of the molecule is COC(=O)[C@H](O[P+](C(C)(C)C)(C(C)(C)C)C(C)(C)C)c1ccccc1Cl.